The van der Waals surface area contributed by atoms with Gasteiger partial charge in [-0.15, -0.1) is 11.8 Å². The zero-order chi connectivity index (χ0) is 22.1. The van der Waals surface area contributed by atoms with Crippen LogP contribution in [0.3, 0.4) is 0 Å². The van der Waals surface area contributed by atoms with Gasteiger partial charge in [-0.2, -0.15) is 0 Å². The maximum atomic E-state index is 13.2. The highest BCUT2D eigenvalue weighted by atomic mass is 35.5. The summed E-state index contributed by atoms with van der Waals surface area (Å²) in [5, 5.41) is 3.80. The Kier molecular flexibility index (Phi) is 10.0. The highest BCUT2D eigenvalue weighted by molar-refractivity contribution is 7.99. The predicted octanol–water partition coefficient (Wildman–Crippen LogP) is 5.48. The quantitative estimate of drug-likeness (QED) is 0.504. The highest BCUT2D eigenvalue weighted by Crippen LogP contribution is 2.27. The van der Waals surface area contributed by atoms with E-state index in [1.807, 2.05) is 20.8 Å². The zero-order valence-corrected chi connectivity index (χ0v) is 19.9. The van der Waals surface area contributed by atoms with Crippen molar-refractivity contribution in [3.63, 3.8) is 0 Å². The van der Waals surface area contributed by atoms with Gasteiger partial charge in [-0.25, -0.2) is 0 Å². The van der Waals surface area contributed by atoms with Crippen molar-refractivity contribution >= 4 is 46.8 Å². The fourth-order valence-corrected chi connectivity index (χ4v) is 4.48. The number of thioether (sulfide) groups is 1. The Morgan fingerprint density at radius 3 is 2.27 bits per heavy atom. The lowest BCUT2D eigenvalue weighted by Gasteiger charge is -2.31. The van der Waals surface area contributed by atoms with E-state index in [0.717, 1.165) is 11.3 Å². The van der Waals surface area contributed by atoms with E-state index < -0.39 is 6.04 Å². The van der Waals surface area contributed by atoms with Crippen molar-refractivity contribution < 1.29 is 9.59 Å². The summed E-state index contributed by atoms with van der Waals surface area (Å²) in [5.74, 6) is 0.720. The lowest BCUT2D eigenvalue weighted by molar-refractivity contribution is -0.139. The van der Waals surface area contributed by atoms with E-state index in [-0.39, 0.29) is 24.1 Å². The normalized spacial score (nSPS) is 11.8. The molecule has 162 valence electrons. The summed E-state index contributed by atoms with van der Waals surface area (Å²) in [6, 6.07) is 12.9. The lowest BCUT2D eigenvalue weighted by atomic mass is 10.1. The summed E-state index contributed by atoms with van der Waals surface area (Å²) in [5.41, 5.74) is 3.02. The fourth-order valence-electron chi connectivity index (χ4n) is 3.09. The Morgan fingerprint density at radius 2 is 1.70 bits per heavy atom. The van der Waals surface area contributed by atoms with E-state index in [2.05, 4.69) is 29.6 Å². The largest absolute Gasteiger partial charge is 0.355 e. The number of nitrogens with zero attached hydrogens (tertiary/aromatic N) is 1. The molecule has 0 bridgehead atoms. The zero-order valence-electron chi connectivity index (χ0n) is 17.6. The molecule has 0 aliphatic rings. The third-order valence-corrected chi connectivity index (χ3v) is 6.44. The van der Waals surface area contributed by atoms with Gasteiger partial charge in [-0.3, -0.25) is 9.59 Å². The number of nitrogens with one attached hydrogen (secondary N) is 1. The Hall–Kier alpha value is -1.69. The van der Waals surface area contributed by atoms with Gasteiger partial charge in [0.15, 0.2) is 0 Å². The average molecular weight is 467 g/mol. The van der Waals surface area contributed by atoms with Gasteiger partial charge in [0.2, 0.25) is 11.8 Å². The number of halogens is 2. The fraction of sp³-hybridized carbons (Fsp3) is 0.391. The Balaban J connectivity index is 2.17. The average Bonchev–Trinajstić information content (AvgIpc) is 2.71. The van der Waals surface area contributed by atoms with Crippen molar-refractivity contribution in [1.82, 2.24) is 10.2 Å². The standard InChI is InChI=1S/C23H28Cl2N2O2S/c1-4-21(23(29)26-5-2)27(13-18-19(24)7-6-8-20(18)25)22(28)15-30-14-17-11-9-16(3)10-12-17/h6-12,21H,4-5,13-15H2,1-3H3,(H,26,29). The van der Waals surface area contributed by atoms with Crippen LogP contribution in [0.4, 0.5) is 0 Å². The molecule has 0 fully saturated rings. The van der Waals surface area contributed by atoms with E-state index in [1.54, 1.807) is 23.1 Å². The second kappa shape index (κ2) is 12.2. The maximum Gasteiger partial charge on any atom is 0.242 e. The topological polar surface area (TPSA) is 49.4 Å². The van der Waals surface area contributed by atoms with E-state index in [0.29, 0.717) is 28.6 Å². The monoisotopic (exact) mass is 466 g/mol. The minimum absolute atomic E-state index is 0.110. The molecule has 0 saturated carbocycles. The first-order chi connectivity index (χ1) is 14.4. The Morgan fingerprint density at radius 1 is 1.07 bits per heavy atom. The first-order valence-corrected chi connectivity index (χ1v) is 11.9. The van der Waals surface area contributed by atoms with Crippen molar-refractivity contribution in [1.29, 1.82) is 0 Å². The number of amides is 2. The maximum absolute atomic E-state index is 13.2. The molecule has 0 aromatic heterocycles. The number of aryl methyl sites for hydroxylation is 1. The van der Waals surface area contributed by atoms with Crippen molar-refractivity contribution in [2.45, 2.75) is 45.5 Å². The molecule has 0 radical (unpaired) electrons. The Bertz CT molecular complexity index is 839. The van der Waals surface area contributed by atoms with Gasteiger partial charge < -0.3 is 10.2 Å². The molecule has 0 spiro atoms. The number of hydrogen-bond donors (Lipinski definition) is 1. The van der Waals surface area contributed by atoms with Crippen molar-refractivity contribution in [3.05, 3.63) is 69.2 Å². The summed E-state index contributed by atoms with van der Waals surface area (Å²) in [4.78, 5) is 27.4. The van der Waals surface area contributed by atoms with Gasteiger partial charge >= 0.3 is 0 Å². The van der Waals surface area contributed by atoms with Gasteiger partial charge in [0.1, 0.15) is 6.04 Å². The van der Waals surface area contributed by atoms with Crippen LogP contribution in [-0.2, 0) is 21.9 Å². The van der Waals surface area contributed by atoms with Gasteiger partial charge in [-0.05, 0) is 38.0 Å². The third-order valence-electron chi connectivity index (χ3n) is 4.74. The molecular weight excluding hydrogens is 439 g/mol. The number of benzene rings is 2. The summed E-state index contributed by atoms with van der Waals surface area (Å²) in [6.45, 7) is 6.50. The van der Waals surface area contributed by atoms with Crippen molar-refractivity contribution in [3.8, 4) is 0 Å². The van der Waals surface area contributed by atoms with Crippen LogP contribution in [0.15, 0.2) is 42.5 Å². The molecule has 1 unspecified atom stereocenters. The molecule has 0 heterocycles. The number of hydrogen-bond acceptors (Lipinski definition) is 3. The lowest BCUT2D eigenvalue weighted by Crippen LogP contribution is -2.49. The molecule has 2 rings (SSSR count). The second-order valence-corrected chi connectivity index (χ2v) is 8.82. The molecular formula is C23H28Cl2N2O2S. The Labute approximate surface area is 193 Å². The smallest absolute Gasteiger partial charge is 0.242 e. The van der Waals surface area contributed by atoms with Crippen LogP contribution in [0.1, 0.15) is 37.0 Å². The minimum Gasteiger partial charge on any atom is -0.355 e. The summed E-state index contributed by atoms with van der Waals surface area (Å²) >= 11 is 14.2. The van der Waals surface area contributed by atoms with Gasteiger partial charge in [0.25, 0.3) is 0 Å². The SMILES string of the molecule is CCNC(=O)C(CC)N(Cc1c(Cl)cccc1Cl)C(=O)CSCc1ccc(C)cc1. The number of likely N-dealkylation sites (N-methyl/N-ethyl adjacent to an activating group) is 1. The van der Waals surface area contributed by atoms with Crippen LogP contribution in [-0.4, -0.2) is 35.1 Å². The van der Waals surface area contributed by atoms with E-state index in [9.17, 15) is 9.59 Å². The van der Waals surface area contributed by atoms with E-state index in [1.165, 1.54) is 17.3 Å². The summed E-state index contributed by atoms with van der Waals surface area (Å²) in [7, 11) is 0. The van der Waals surface area contributed by atoms with Gasteiger partial charge in [0.05, 0.1) is 5.75 Å². The molecule has 4 nitrogen and oxygen atoms in total. The molecule has 30 heavy (non-hydrogen) atoms. The van der Waals surface area contributed by atoms with Crippen molar-refractivity contribution in [2.24, 2.45) is 0 Å². The van der Waals surface area contributed by atoms with Crippen LogP contribution >= 0.6 is 35.0 Å². The molecule has 0 saturated heterocycles. The van der Waals surface area contributed by atoms with Crippen LogP contribution in [0.2, 0.25) is 10.0 Å². The number of carbonyl (C=O) groups excluding carboxylic acids is 2. The van der Waals surface area contributed by atoms with Crippen LogP contribution in [0, 0.1) is 6.92 Å². The number of rotatable bonds is 10. The van der Waals surface area contributed by atoms with E-state index >= 15 is 0 Å². The molecule has 2 aromatic rings. The van der Waals surface area contributed by atoms with E-state index in [4.69, 9.17) is 23.2 Å². The molecule has 0 aliphatic heterocycles. The highest BCUT2D eigenvalue weighted by Gasteiger charge is 2.29. The molecule has 1 N–H and O–H groups in total. The number of carbonyl (C=O) groups is 2. The summed E-state index contributed by atoms with van der Waals surface area (Å²) < 4.78 is 0. The van der Waals surface area contributed by atoms with Crippen LogP contribution in [0.25, 0.3) is 0 Å². The molecule has 0 aliphatic carbocycles. The molecule has 2 aromatic carbocycles. The second-order valence-electron chi connectivity index (χ2n) is 7.02. The molecule has 1 atom stereocenters. The first kappa shape index (κ1) is 24.6. The van der Waals surface area contributed by atoms with Crippen molar-refractivity contribution in [2.75, 3.05) is 12.3 Å². The minimum atomic E-state index is -0.579. The predicted molar refractivity (Wildman–Crippen MR) is 127 cm³/mol. The molecule has 2 amide bonds. The van der Waals surface area contributed by atoms with Gasteiger partial charge in [0, 0.05) is 34.5 Å². The third kappa shape index (κ3) is 6.93. The van der Waals surface area contributed by atoms with Gasteiger partial charge in [-0.1, -0.05) is 66.0 Å². The van der Waals surface area contributed by atoms with Crippen LogP contribution in [0.5, 0.6) is 0 Å². The summed E-state index contributed by atoms with van der Waals surface area (Å²) in [6.07, 6.45) is 0.502. The first-order valence-electron chi connectivity index (χ1n) is 10.0. The van der Waals surface area contributed by atoms with Crippen LogP contribution < -0.4 is 5.32 Å². The molecule has 7 heteroatoms.